The SMILES string of the molecule is Cl.Cl.Cn1cc(CCNC(=O)[C@@]23CC[C@H](N4CCOCC4)C[C@H]2CCNC3)cn1. The Morgan fingerprint density at radius 1 is 1.34 bits per heavy atom. The van der Waals surface area contributed by atoms with E-state index in [1.165, 1.54) is 5.56 Å². The van der Waals surface area contributed by atoms with E-state index >= 15 is 0 Å². The predicted molar refractivity (Wildman–Crippen MR) is 118 cm³/mol. The van der Waals surface area contributed by atoms with Crippen LogP contribution in [0.15, 0.2) is 12.4 Å². The van der Waals surface area contributed by atoms with E-state index in [1.54, 1.807) is 0 Å². The normalized spacial score (nSPS) is 29.8. The molecule has 7 nitrogen and oxygen atoms in total. The summed E-state index contributed by atoms with van der Waals surface area (Å²) in [7, 11) is 1.92. The van der Waals surface area contributed by atoms with Crippen molar-refractivity contribution in [2.24, 2.45) is 18.4 Å². The summed E-state index contributed by atoms with van der Waals surface area (Å²) >= 11 is 0. The number of piperidine rings is 1. The van der Waals surface area contributed by atoms with E-state index < -0.39 is 0 Å². The summed E-state index contributed by atoms with van der Waals surface area (Å²) in [6, 6.07) is 0.619. The Kier molecular flexibility index (Phi) is 9.22. The minimum atomic E-state index is -0.226. The highest BCUT2D eigenvalue weighted by Gasteiger charge is 2.50. The Morgan fingerprint density at radius 2 is 2.14 bits per heavy atom. The lowest BCUT2D eigenvalue weighted by atomic mass is 9.61. The third-order valence-corrected chi connectivity index (χ3v) is 6.84. The second-order valence-corrected chi connectivity index (χ2v) is 8.42. The molecule has 2 aliphatic heterocycles. The average molecular weight is 448 g/mol. The number of aromatic nitrogens is 2. The molecule has 2 saturated heterocycles. The lowest BCUT2D eigenvalue weighted by Gasteiger charge is -2.50. The largest absolute Gasteiger partial charge is 0.379 e. The smallest absolute Gasteiger partial charge is 0.227 e. The van der Waals surface area contributed by atoms with Gasteiger partial charge in [-0.3, -0.25) is 14.4 Å². The first-order valence-corrected chi connectivity index (χ1v) is 10.5. The Morgan fingerprint density at radius 3 is 2.86 bits per heavy atom. The van der Waals surface area contributed by atoms with Gasteiger partial charge in [0.15, 0.2) is 0 Å². The zero-order valence-corrected chi connectivity index (χ0v) is 18.9. The summed E-state index contributed by atoms with van der Waals surface area (Å²) in [5.74, 6) is 0.739. The van der Waals surface area contributed by atoms with E-state index in [1.807, 2.05) is 24.1 Å². The van der Waals surface area contributed by atoms with E-state index in [2.05, 4.69) is 20.6 Å². The minimum Gasteiger partial charge on any atom is -0.379 e. The van der Waals surface area contributed by atoms with Crippen molar-refractivity contribution in [3.8, 4) is 0 Å². The molecule has 1 saturated carbocycles. The monoisotopic (exact) mass is 447 g/mol. The standard InChI is InChI=1S/C20H33N5O2.2ClH/c1-24-14-16(13-23-24)3-7-22-19(26)20-5-2-18(25-8-10-27-11-9-25)12-17(20)4-6-21-15-20;;/h13-14,17-18,21H,2-12,15H2,1H3,(H,22,26);2*1H/t17-,18+,20-;;/m1../s1. The Labute approximate surface area is 186 Å². The molecule has 3 aliphatic rings. The van der Waals surface area contributed by atoms with Crippen molar-refractivity contribution < 1.29 is 9.53 Å². The van der Waals surface area contributed by atoms with Gasteiger partial charge in [0.2, 0.25) is 5.91 Å². The number of nitrogens with zero attached hydrogens (tertiary/aromatic N) is 3. The van der Waals surface area contributed by atoms with Gasteiger partial charge in [-0.2, -0.15) is 5.10 Å². The second-order valence-electron chi connectivity index (χ2n) is 8.42. The number of hydrogen-bond acceptors (Lipinski definition) is 5. The van der Waals surface area contributed by atoms with E-state index in [0.29, 0.717) is 18.5 Å². The van der Waals surface area contributed by atoms with Gasteiger partial charge in [0, 0.05) is 45.5 Å². The van der Waals surface area contributed by atoms with Gasteiger partial charge >= 0.3 is 0 Å². The van der Waals surface area contributed by atoms with Crippen LogP contribution in [0.4, 0.5) is 0 Å². The number of hydrogen-bond donors (Lipinski definition) is 2. The topological polar surface area (TPSA) is 71.4 Å². The average Bonchev–Trinajstić information content (AvgIpc) is 3.13. The Hall–Kier alpha value is -0.860. The molecule has 1 aliphatic carbocycles. The van der Waals surface area contributed by atoms with Crippen LogP contribution in [-0.4, -0.2) is 72.6 Å². The van der Waals surface area contributed by atoms with Crippen molar-refractivity contribution in [3.05, 3.63) is 18.0 Å². The van der Waals surface area contributed by atoms with Crippen molar-refractivity contribution in [1.29, 1.82) is 0 Å². The number of fused-ring (bicyclic) bond motifs is 1. The third-order valence-electron chi connectivity index (χ3n) is 6.84. The summed E-state index contributed by atoms with van der Waals surface area (Å²) in [6.07, 6.45) is 9.10. The van der Waals surface area contributed by atoms with Crippen molar-refractivity contribution >= 4 is 30.7 Å². The van der Waals surface area contributed by atoms with Crippen LogP contribution >= 0.6 is 24.8 Å². The van der Waals surface area contributed by atoms with Crippen LogP contribution < -0.4 is 10.6 Å². The van der Waals surface area contributed by atoms with E-state index in [0.717, 1.165) is 71.5 Å². The molecule has 0 aromatic carbocycles. The Bertz CT molecular complexity index is 653. The van der Waals surface area contributed by atoms with Gasteiger partial charge in [-0.05, 0) is 50.1 Å². The molecule has 3 heterocycles. The number of carbonyl (C=O) groups is 1. The molecule has 3 atom stereocenters. The quantitative estimate of drug-likeness (QED) is 0.713. The summed E-state index contributed by atoms with van der Waals surface area (Å²) in [4.78, 5) is 15.8. The highest BCUT2D eigenvalue weighted by molar-refractivity contribution is 5.85. The predicted octanol–water partition coefficient (Wildman–Crippen LogP) is 1.40. The van der Waals surface area contributed by atoms with Crippen LogP contribution in [0.5, 0.6) is 0 Å². The number of aryl methyl sites for hydroxylation is 1. The number of rotatable bonds is 5. The van der Waals surface area contributed by atoms with Gasteiger partial charge in [0.1, 0.15) is 0 Å². The van der Waals surface area contributed by atoms with Crippen LogP contribution in [0, 0.1) is 11.3 Å². The zero-order valence-electron chi connectivity index (χ0n) is 17.3. The van der Waals surface area contributed by atoms with Gasteiger partial charge in [-0.1, -0.05) is 0 Å². The second kappa shape index (κ2) is 11.0. The third kappa shape index (κ3) is 5.44. The highest BCUT2D eigenvalue weighted by Crippen LogP contribution is 2.46. The Balaban J connectivity index is 0.00000150. The first-order valence-electron chi connectivity index (χ1n) is 10.5. The summed E-state index contributed by atoms with van der Waals surface area (Å²) < 4.78 is 7.33. The summed E-state index contributed by atoms with van der Waals surface area (Å²) in [6.45, 7) is 6.33. The molecule has 0 unspecified atom stereocenters. The van der Waals surface area contributed by atoms with E-state index in [-0.39, 0.29) is 36.1 Å². The lowest BCUT2D eigenvalue weighted by Crippen LogP contribution is -2.60. The molecule has 4 rings (SSSR count). The van der Waals surface area contributed by atoms with Crippen LogP contribution in [0.1, 0.15) is 31.2 Å². The van der Waals surface area contributed by atoms with Crippen molar-refractivity contribution in [2.45, 2.75) is 38.1 Å². The summed E-state index contributed by atoms with van der Waals surface area (Å²) in [5, 5.41) is 11.0. The molecule has 0 spiro atoms. The van der Waals surface area contributed by atoms with Gasteiger partial charge in [0.25, 0.3) is 0 Å². The number of carbonyl (C=O) groups excluding carboxylic acids is 1. The van der Waals surface area contributed by atoms with Crippen LogP contribution in [0.2, 0.25) is 0 Å². The van der Waals surface area contributed by atoms with Crippen LogP contribution in [-0.2, 0) is 23.0 Å². The molecule has 2 N–H and O–H groups in total. The molecule has 1 aromatic rings. The molecule has 9 heteroatoms. The number of amides is 1. The minimum absolute atomic E-state index is 0. The fourth-order valence-corrected chi connectivity index (χ4v) is 5.27. The van der Waals surface area contributed by atoms with Gasteiger partial charge in [-0.15, -0.1) is 24.8 Å². The maximum absolute atomic E-state index is 13.2. The molecule has 0 radical (unpaired) electrons. The lowest BCUT2D eigenvalue weighted by molar-refractivity contribution is -0.140. The number of nitrogens with one attached hydrogen (secondary N) is 2. The first kappa shape index (κ1) is 24.4. The van der Waals surface area contributed by atoms with E-state index in [4.69, 9.17) is 4.74 Å². The van der Waals surface area contributed by atoms with Crippen LogP contribution in [0.25, 0.3) is 0 Å². The maximum Gasteiger partial charge on any atom is 0.227 e. The molecule has 166 valence electrons. The molecule has 3 fully saturated rings. The maximum atomic E-state index is 13.2. The van der Waals surface area contributed by atoms with Crippen molar-refractivity contribution in [1.82, 2.24) is 25.3 Å². The summed E-state index contributed by atoms with van der Waals surface area (Å²) in [5.41, 5.74) is 0.945. The molecular formula is C20H35Cl2N5O2. The molecule has 0 bridgehead atoms. The number of ether oxygens (including phenoxy) is 1. The highest BCUT2D eigenvalue weighted by atomic mass is 35.5. The number of halogens is 2. The van der Waals surface area contributed by atoms with Gasteiger partial charge < -0.3 is 15.4 Å². The number of morpholine rings is 1. The molecule has 29 heavy (non-hydrogen) atoms. The van der Waals surface area contributed by atoms with Crippen molar-refractivity contribution in [2.75, 3.05) is 45.9 Å². The van der Waals surface area contributed by atoms with Gasteiger partial charge in [-0.25, -0.2) is 0 Å². The van der Waals surface area contributed by atoms with Crippen LogP contribution in [0.3, 0.4) is 0 Å². The molecular weight excluding hydrogens is 413 g/mol. The molecule has 1 amide bonds. The fourth-order valence-electron chi connectivity index (χ4n) is 5.27. The fraction of sp³-hybridized carbons (Fsp3) is 0.800. The van der Waals surface area contributed by atoms with Crippen molar-refractivity contribution in [3.63, 3.8) is 0 Å². The zero-order chi connectivity index (χ0) is 18.7. The van der Waals surface area contributed by atoms with E-state index in [9.17, 15) is 4.79 Å². The first-order chi connectivity index (χ1) is 13.2. The van der Waals surface area contributed by atoms with Gasteiger partial charge in [0.05, 0.1) is 24.8 Å². The molecule has 1 aromatic heterocycles.